The third-order valence-electron chi connectivity index (χ3n) is 3.11. The van der Waals surface area contributed by atoms with Gasteiger partial charge in [0.15, 0.2) is 0 Å². The number of methoxy groups -OCH3 is 1. The molecule has 0 spiro atoms. The fourth-order valence-corrected chi connectivity index (χ4v) is 4.09. The SMILES string of the molecule is CCN(CCOC)S(=O)(=O)c1c(C)nn(CCCl)c1C. The number of aromatic nitrogens is 2. The van der Waals surface area contributed by atoms with Crippen molar-refractivity contribution in [3.63, 3.8) is 0 Å². The summed E-state index contributed by atoms with van der Waals surface area (Å²) in [4.78, 5) is 0.278. The van der Waals surface area contributed by atoms with Crippen LogP contribution in [0, 0.1) is 13.8 Å². The largest absolute Gasteiger partial charge is 0.383 e. The van der Waals surface area contributed by atoms with Crippen molar-refractivity contribution in [1.29, 1.82) is 0 Å². The molecule has 0 N–H and O–H groups in total. The molecule has 0 radical (unpaired) electrons. The Balaban J connectivity index is 3.20. The second-order valence-corrected chi connectivity index (χ2v) is 6.65. The van der Waals surface area contributed by atoms with E-state index in [1.165, 1.54) is 4.31 Å². The van der Waals surface area contributed by atoms with E-state index in [4.69, 9.17) is 16.3 Å². The van der Waals surface area contributed by atoms with Gasteiger partial charge in [-0.05, 0) is 13.8 Å². The summed E-state index contributed by atoms with van der Waals surface area (Å²) < 4.78 is 33.4. The quantitative estimate of drug-likeness (QED) is 0.678. The molecular formula is C12H22ClN3O3S. The Hall–Kier alpha value is -0.630. The van der Waals surface area contributed by atoms with Crippen molar-refractivity contribution in [2.75, 3.05) is 32.7 Å². The van der Waals surface area contributed by atoms with Gasteiger partial charge in [-0.25, -0.2) is 8.42 Å². The number of halogens is 1. The fourth-order valence-electron chi connectivity index (χ4n) is 2.12. The molecule has 0 aromatic carbocycles. The number of sulfonamides is 1. The molecule has 1 aromatic rings. The molecule has 0 saturated carbocycles. The molecule has 20 heavy (non-hydrogen) atoms. The lowest BCUT2D eigenvalue weighted by Crippen LogP contribution is -2.34. The maximum Gasteiger partial charge on any atom is 0.246 e. The van der Waals surface area contributed by atoms with E-state index in [2.05, 4.69) is 5.10 Å². The molecular weight excluding hydrogens is 302 g/mol. The van der Waals surface area contributed by atoms with E-state index < -0.39 is 10.0 Å². The highest BCUT2D eigenvalue weighted by Crippen LogP contribution is 2.23. The van der Waals surface area contributed by atoms with Gasteiger partial charge in [-0.3, -0.25) is 4.68 Å². The summed E-state index contributed by atoms with van der Waals surface area (Å²) in [5, 5.41) is 4.26. The van der Waals surface area contributed by atoms with Gasteiger partial charge in [0.2, 0.25) is 10.0 Å². The van der Waals surface area contributed by atoms with Crippen LogP contribution in [0.3, 0.4) is 0 Å². The van der Waals surface area contributed by atoms with E-state index in [0.29, 0.717) is 43.5 Å². The molecule has 1 rings (SSSR count). The Kier molecular flexibility index (Phi) is 6.44. The number of hydrogen-bond acceptors (Lipinski definition) is 4. The predicted molar refractivity (Wildman–Crippen MR) is 78.7 cm³/mol. The van der Waals surface area contributed by atoms with Crippen LogP contribution in [0.1, 0.15) is 18.3 Å². The number of alkyl halides is 1. The zero-order valence-corrected chi connectivity index (χ0v) is 14.0. The minimum Gasteiger partial charge on any atom is -0.383 e. The van der Waals surface area contributed by atoms with Crippen LogP contribution in [0.15, 0.2) is 4.90 Å². The number of likely N-dealkylation sites (N-methyl/N-ethyl adjacent to an activating group) is 1. The Bertz CT molecular complexity index is 542. The minimum absolute atomic E-state index is 0.278. The van der Waals surface area contributed by atoms with Gasteiger partial charge in [0.25, 0.3) is 0 Å². The molecule has 8 heteroatoms. The monoisotopic (exact) mass is 323 g/mol. The third kappa shape index (κ3) is 3.52. The summed E-state index contributed by atoms with van der Waals surface area (Å²) in [7, 11) is -2.00. The van der Waals surface area contributed by atoms with Gasteiger partial charge in [-0.15, -0.1) is 11.6 Å². The summed E-state index contributed by atoms with van der Waals surface area (Å²) in [5.74, 6) is 0.391. The first-order valence-electron chi connectivity index (χ1n) is 6.49. The number of hydrogen-bond donors (Lipinski definition) is 0. The van der Waals surface area contributed by atoms with Crippen molar-refractivity contribution in [2.45, 2.75) is 32.2 Å². The highest BCUT2D eigenvalue weighted by Gasteiger charge is 2.29. The molecule has 0 aliphatic carbocycles. The Morgan fingerprint density at radius 2 is 2.05 bits per heavy atom. The van der Waals surface area contributed by atoms with E-state index in [1.54, 1.807) is 32.6 Å². The van der Waals surface area contributed by atoms with E-state index in [9.17, 15) is 8.42 Å². The Morgan fingerprint density at radius 1 is 1.40 bits per heavy atom. The Labute approximate surface area is 125 Å². The van der Waals surface area contributed by atoms with Crippen molar-refractivity contribution < 1.29 is 13.2 Å². The third-order valence-corrected chi connectivity index (χ3v) is 5.50. The van der Waals surface area contributed by atoms with Gasteiger partial charge in [0, 0.05) is 26.1 Å². The standard InChI is InChI=1S/C12H22ClN3O3S/c1-5-15(8-9-19-4)20(17,18)12-10(2)14-16(7-6-13)11(12)3/h5-9H2,1-4H3. The first kappa shape index (κ1) is 17.4. The van der Waals surface area contributed by atoms with Crippen LogP contribution in [0.25, 0.3) is 0 Å². The molecule has 1 heterocycles. The number of aryl methyl sites for hydroxylation is 2. The molecule has 0 bridgehead atoms. The van der Waals surface area contributed by atoms with E-state index >= 15 is 0 Å². The molecule has 0 unspecified atom stereocenters. The molecule has 0 amide bonds. The first-order chi connectivity index (χ1) is 9.39. The highest BCUT2D eigenvalue weighted by atomic mass is 35.5. The van der Waals surface area contributed by atoms with Gasteiger partial charge < -0.3 is 4.74 Å². The second-order valence-electron chi connectivity index (χ2n) is 4.40. The zero-order valence-electron chi connectivity index (χ0n) is 12.4. The minimum atomic E-state index is -3.56. The van der Waals surface area contributed by atoms with E-state index in [-0.39, 0.29) is 4.90 Å². The van der Waals surface area contributed by atoms with Crippen molar-refractivity contribution >= 4 is 21.6 Å². The van der Waals surface area contributed by atoms with Crippen LogP contribution in [-0.2, 0) is 21.3 Å². The fraction of sp³-hybridized carbons (Fsp3) is 0.750. The summed E-state index contributed by atoms with van der Waals surface area (Å²) in [6.45, 7) is 6.84. The molecule has 6 nitrogen and oxygen atoms in total. The van der Waals surface area contributed by atoms with Gasteiger partial charge in [0.1, 0.15) is 4.90 Å². The smallest absolute Gasteiger partial charge is 0.246 e. The van der Waals surface area contributed by atoms with E-state index in [1.807, 2.05) is 0 Å². The average Bonchev–Trinajstić information content (AvgIpc) is 2.66. The van der Waals surface area contributed by atoms with Crippen molar-refractivity contribution in [1.82, 2.24) is 14.1 Å². The van der Waals surface area contributed by atoms with Gasteiger partial charge >= 0.3 is 0 Å². The van der Waals surface area contributed by atoms with Crippen LogP contribution in [-0.4, -0.2) is 55.2 Å². The van der Waals surface area contributed by atoms with Crippen LogP contribution in [0.2, 0.25) is 0 Å². The molecule has 0 aliphatic heterocycles. The molecule has 0 fully saturated rings. The van der Waals surface area contributed by atoms with Crippen LogP contribution >= 0.6 is 11.6 Å². The molecule has 116 valence electrons. The topological polar surface area (TPSA) is 64.4 Å². The van der Waals surface area contributed by atoms with Crippen molar-refractivity contribution in [2.24, 2.45) is 0 Å². The first-order valence-corrected chi connectivity index (χ1v) is 8.46. The van der Waals surface area contributed by atoms with Crippen LogP contribution in [0.4, 0.5) is 0 Å². The van der Waals surface area contributed by atoms with E-state index in [0.717, 1.165) is 0 Å². The summed E-state index contributed by atoms with van der Waals surface area (Å²) in [6.07, 6.45) is 0. The summed E-state index contributed by atoms with van der Waals surface area (Å²) in [5.41, 5.74) is 1.13. The van der Waals surface area contributed by atoms with Gasteiger partial charge in [-0.1, -0.05) is 6.92 Å². The van der Waals surface area contributed by atoms with Gasteiger partial charge in [0.05, 0.1) is 24.5 Å². The number of rotatable bonds is 8. The maximum atomic E-state index is 12.7. The summed E-state index contributed by atoms with van der Waals surface area (Å²) in [6, 6.07) is 0. The number of nitrogens with zero attached hydrogens (tertiary/aromatic N) is 3. The molecule has 0 aliphatic rings. The van der Waals surface area contributed by atoms with Crippen LogP contribution < -0.4 is 0 Å². The normalized spacial score (nSPS) is 12.3. The average molecular weight is 324 g/mol. The predicted octanol–water partition coefficient (Wildman–Crippen LogP) is 1.40. The number of ether oxygens (including phenoxy) is 1. The van der Waals surface area contributed by atoms with Crippen molar-refractivity contribution in [3.05, 3.63) is 11.4 Å². The molecule has 1 aromatic heterocycles. The lowest BCUT2D eigenvalue weighted by molar-refractivity contribution is 0.180. The lowest BCUT2D eigenvalue weighted by atomic mass is 10.4. The molecule has 0 saturated heterocycles. The highest BCUT2D eigenvalue weighted by molar-refractivity contribution is 7.89. The Morgan fingerprint density at radius 3 is 2.55 bits per heavy atom. The summed E-state index contributed by atoms with van der Waals surface area (Å²) >= 11 is 5.71. The maximum absolute atomic E-state index is 12.7. The van der Waals surface area contributed by atoms with Crippen LogP contribution in [0.5, 0.6) is 0 Å². The second kappa shape index (κ2) is 7.40. The van der Waals surface area contributed by atoms with Crippen molar-refractivity contribution in [3.8, 4) is 0 Å². The lowest BCUT2D eigenvalue weighted by Gasteiger charge is -2.20. The molecule has 0 atom stereocenters. The zero-order chi connectivity index (χ0) is 15.3. The van der Waals surface area contributed by atoms with Gasteiger partial charge in [-0.2, -0.15) is 9.40 Å².